The molecule has 1 aromatic heterocycles. The van der Waals surface area contributed by atoms with Gasteiger partial charge in [-0.2, -0.15) is 0 Å². The minimum atomic E-state index is 0.0689. The van der Waals surface area contributed by atoms with Gasteiger partial charge in [-0.15, -0.1) is 11.3 Å². The highest BCUT2D eigenvalue weighted by atomic mass is 32.1. The van der Waals surface area contributed by atoms with Crippen LogP contribution in [0.5, 0.6) is 11.5 Å². The van der Waals surface area contributed by atoms with E-state index in [4.69, 9.17) is 9.47 Å². The van der Waals surface area contributed by atoms with Crippen molar-refractivity contribution in [2.75, 3.05) is 14.2 Å². The van der Waals surface area contributed by atoms with Crippen LogP contribution in [0.4, 0.5) is 0 Å². The summed E-state index contributed by atoms with van der Waals surface area (Å²) in [4.78, 5) is 17.2. The summed E-state index contributed by atoms with van der Waals surface area (Å²) in [6.45, 7) is 2.17. The minimum Gasteiger partial charge on any atom is -0.493 e. The van der Waals surface area contributed by atoms with Gasteiger partial charge in [0.25, 0.3) is 0 Å². The Hall–Kier alpha value is -2.08. The van der Waals surface area contributed by atoms with Gasteiger partial charge >= 0.3 is 0 Å². The average Bonchev–Trinajstić information content (AvgIpc) is 3.44. The molecule has 0 saturated heterocycles. The third-order valence-corrected chi connectivity index (χ3v) is 7.29. The van der Waals surface area contributed by atoms with Crippen molar-refractivity contribution < 1.29 is 14.3 Å². The number of ether oxygens (including phenoxy) is 2. The first-order chi connectivity index (χ1) is 13.6. The lowest BCUT2D eigenvalue weighted by molar-refractivity contribution is -0.121. The van der Waals surface area contributed by atoms with Gasteiger partial charge in [0.1, 0.15) is 5.01 Å². The van der Waals surface area contributed by atoms with Crippen LogP contribution in [-0.4, -0.2) is 31.2 Å². The van der Waals surface area contributed by atoms with Gasteiger partial charge in [-0.25, -0.2) is 4.98 Å². The molecule has 4 unspecified atom stereocenters. The van der Waals surface area contributed by atoms with Crippen LogP contribution < -0.4 is 14.8 Å². The Bertz CT molecular complexity index is 850. The first-order valence-electron chi connectivity index (χ1n) is 10.0. The van der Waals surface area contributed by atoms with Gasteiger partial charge in [0, 0.05) is 17.0 Å². The molecule has 2 bridgehead atoms. The number of nitrogens with zero attached hydrogens (tertiary/aromatic N) is 1. The molecule has 1 amide bonds. The molecule has 28 heavy (non-hydrogen) atoms. The molecule has 150 valence electrons. The molecule has 2 aliphatic rings. The Kier molecular flexibility index (Phi) is 5.58. The van der Waals surface area contributed by atoms with Crippen molar-refractivity contribution in [3.63, 3.8) is 0 Å². The molecule has 0 aliphatic heterocycles. The Morgan fingerprint density at radius 3 is 2.75 bits per heavy atom. The number of nitrogens with one attached hydrogen (secondary N) is 1. The van der Waals surface area contributed by atoms with Gasteiger partial charge in [0.2, 0.25) is 5.91 Å². The first kappa shape index (κ1) is 19.2. The van der Waals surface area contributed by atoms with Crippen molar-refractivity contribution in [2.24, 2.45) is 17.8 Å². The summed E-state index contributed by atoms with van der Waals surface area (Å²) in [6, 6.07) is 6.01. The minimum absolute atomic E-state index is 0.0689. The number of carbonyl (C=O) groups is 1. The predicted molar refractivity (Wildman–Crippen MR) is 111 cm³/mol. The van der Waals surface area contributed by atoms with Crippen LogP contribution in [0.15, 0.2) is 23.6 Å². The highest BCUT2D eigenvalue weighted by Gasteiger charge is 2.42. The first-order valence-corrected chi connectivity index (χ1v) is 10.9. The van der Waals surface area contributed by atoms with Crippen LogP contribution in [0.25, 0.3) is 10.6 Å². The Morgan fingerprint density at radius 2 is 2.07 bits per heavy atom. The van der Waals surface area contributed by atoms with Gasteiger partial charge in [-0.05, 0) is 62.1 Å². The highest BCUT2D eigenvalue weighted by Crippen LogP contribution is 2.49. The van der Waals surface area contributed by atoms with Crippen molar-refractivity contribution in [3.8, 4) is 22.1 Å². The molecule has 5 nitrogen and oxygen atoms in total. The fourth-order valence-electron chi connectivity index (χ4n) is 4.97. The number of amides is 1. The van der Waals surface area contributed by atoms with Crippen LogP contribution in [0, 0.1) is 17.8 Å². The molecule has 2 aromatic rings. The van der Waals surface area contributed by atoms with E-state index in [0.29, 0.717) is 23.8 Å². The zero-order chi connectivity index (χ0) is 19.7. The lowest BCUT2D eigenvalue weighted by Gasteiger charge is -2.28. The number of rotatable bonds is 7. The predicted octanol–water partition coefficient (Wildman–Crippen LogP) is 4.31. The summed E-state index contributed by atoms with van der Waals surface area (Å²) in [5.41, 5.74) is 1.78. The number of hydrogen-bond acceptors (Lipinski definition) is 5. The maximum Gasteiger partial charge on any atom is 0.226 e. The zero-order valence-corrected chi connectivity index (χ0v) is 17.6. The van der Waals surface area contributed by atoms with E-state index in [1.807, 2.05) is 23.6 Å². The Labute approximate surface area is 170 Å². The molecule has 1 aromatic carbocycles. The van der Waals surface area contributed by atoms with E-state index in [1.54, 1.807) is 25.6 Å². The van der Waals surface area contributed by atoms with E-state index in [2.05, 4.69) is 17.2 Å². The molecule has 0 radical (unpaired) electrons. The number of aromatic nitrogens is 1. The molecule has 1 heterocycles. The van der Waals surface area contributed by atoms with Crippen LogP contribution >= 0.6 is 11.3 Å². The number of benzene rings is 1. The van der Waals surface area contributed by atoms with Gasteiger partial charge in [-0.1, -0.05) is 6.42 Å². The number of methoxy groups -OCH3 is 2. The number of fused-ring (bicyclic) bond motifs is 2. The highest BCUT2D eigenvalue weighted by molar-refractivity contribution is 7.13. The van der Waals surface area contributed by atoms with Gasteiger partial charge in [-0.3, -0.25) is 4.79 Å². The largest absolute Gasteiger partial charge is 0.493 e. The molecular weight excluding hydrogens is 372 g/mol. The lowest BCUT2D eigenvalue weighted by atomic mass is 9.84. The van der Waals surface area contributed by atoms with Crippen molar-refractivity contribution in [1.29, 1.82) is 0 Å². The van der Waals surface area contributed by atoms with Gasteiger partial charge in [0.15, 0.2) is 11.5 Å². The fourth-order valence-corrected chi connectivity index (χ4v) is 5.79. The normalized spacial score (nSPS) is 24.2. The average molecular weight is 401 g/mol. The summed E-state index contributed by atoms with van der Waals surface area (Å²) in [5, 5.41) is 6.07. The van der Waals surface area contributed by atoms with E-state index in [0.717, 1.165) is 28.1 Å². The summed E-state index contributed by atoms with van der Waals surface area (Å²) in [5.74, 6) is 3.80. The second-order valence-electron chi connectivity index (χ2n) is 8.09. The van der Waals surface area contributed by atoms with Crippen molar-refractivity contribution in [2.45, 2.75) is 45.1 Å². The third kappa shape index (κ3) is 3.88. The van der Waals surface area contributed by atoms with E-state index >= 15 is 0 Å². The van der Waals surface area contributed by atoms with Crippen LogP contribution in [-0.2, 0) is 11.2 Å². The molecule has 1 N–H and O–H groups in total. The van der Waals surface area contributed by atoms with Crippen molar-refractivity contribution in [3.05, 3.63) is 29.3 Å². The molecule has 2 saturated carbocycles. The maximum absolute atomic E-state index is 12.5. The summed E-state index contributed by atoms with van der Waals surface area (Å²) in [7, 11) is 3.24. The second-order valence-corrected chi connectivity index (χ2v) is 8.94. The van der Waals surface area contributed by atoms with Crippen LogP contribution in [0.1, 0.15) is 38.3 Å². The van der Waals surface area contributed by atoms with Gasteiger partial charge < -0.3 is 14.8 Å². The van der Waals surface area contributed by atoms with Crippen molar-refractivity contribution in [1.82, 2.24) is 10.3 Å². The maximum atomic E-state index is 12.5. The standard InChI is InChI=1S/C22H28N2O3S/c1-13(18-9-14-4-5-15(18)8-14)23-21(25)11-17-12-28-22(24-17)16-6-7-19(26-2)20(10-16)27-3/h6-7,10,12-15,18H,4-5,8-9,11H2,1-3H3,(H,23,25). The Balaban J connectivity index is 1.37. The van der Waals surface area contributed by atoms with E-state index in [9.17, 15) is 4.79 Å². The summed E-state index contributed by atoms with van der Waals surface area (Å²) >= 11 is 1.54. The summed E-state index contributed by atoms with van der Waals surface area (Å²) < 4.78 is 10.7. The summed E-state index contributed by atoms with van der Waals surface area (Å²) in [6.07, 6.45) is 5.71. The monoisotopic (exact) mass is 400 g/mol. The Morgan fingerprint density at radius 1 is 1.25 bits per heavy atom. The zero-order valence-electron chi connectivity index (χ0n) is 16.7. The quantitative estimate of drug-likeness (QED) is 0.752. The molecule has 4 rings (SSSR count). The van der Waals surface area contributed by atoms with Crippen LogP contribution in [0.3, 0.4) is 0 Å². The number of hydrogen-bond donors (Lipinski definition) is 1. The molecular formula is C22H28N2O3S. The SMILES string of the molecule is COc1ccc(-c2nc(CC(=O)NC(C)C3CC4CCC3C4)cs2)cc1OC. The lowest BCUT2D eigenvalue weighted by Crippen LogP contribution is -2.40. The van der Waals surface area contributed by atoms with E-state index < -0.39 is 0 Å². The number of carbonyl (C=O) groups excluding carboxylic acids is 1. The molecule has 0 spiro atoms. The molecule has 2 fully saturated rings. The van der Waals surface area contributed by atoms with Crippen molar-refractivity contribution >= 4 is 17.2 Å². The second kappa shape index (κ2) is 8.11. The van der Waals surface area contributed by atoms with E-state index in [1.165, 1.54) is 25.7 Å². The number of thiazole rings is 1. The van der Waals surface area contributed by atoms with Gasteiger partial charge in [0.05, 0.1) is 26.3 Å². The molecule has 2 aliphatic carbocycles. The van der Waals surface area contributed by atoms with E-state index in [-0.39, 0.29) is 11.9 Å². The van der Waals surface area contributed by atoms with Crippen LogP contribution in [0.2, 0.25) is 0 Å². The molecule has 6 heteroatoms. The molecule has 4 atom stereocenters. The fraction of sp³-hybridized carbons (Fsp3) is 0.545. The smallest absolute Gasteiger partial charge is 0.226 e. The topological polar surface area (TPSA) is 60.5 Å². The third-order valence-electron chi connectivity index (χ3n) is 6.35.